The second kappa shape index (κ2) is 13.7. The van der Waals surface area contributed by atoms with Crippen molar-refractivity contribution < 1.29 is 0 Å². The number of H-pyrrole nitrogens is 1. The predicted molar refractivity (Wildman–Crippen MR) is 125 cm³/mol. The molecule has 2 aromatic heterocycles. The highest BCUT2D eigenvalue weighted by Gasteiger charge is 2.12. The summed E-state index contributed by atoms with van der Waals surface area (Å²) in [6.45, 7) is 3.33. The van der Waals surface area contributed by atoms with Crippen molar-refractivity contribution in [1.29, 1.82) is 0 Å². The number of nitrogens with two attached hydrogens (primary N) is 1. The average Bonchev–Trinajstić information content (AvgIpc) is 2.71. The van der Waals surface area contributed by atoms with Crippen LogP contribution in [0.4, 0.5) is 5.82 Å². The van der Waals surface area contributed by atoms with E-state index in [2.05, 4.69) is 43.4 Å². The van der Waals surface area contributed by atoms with E-state index in [1.54, 1.807) is 6.07 Å². The van der Waals surface area contributed by atoms with E-state index in [0.717, 1.165) is 18.4 Å². The smallest absolute Gasteiger partial charge is 0.275 e. The minimum absolute atomic E-state index is 0.241. The molecule has 2 aromatic rings. The first-order chi connectivity index (χ1) is 14.2. The zero-order valence-electron chi connectivity index (χ0n) is 17.7. The van der Waals surface area contributed by atoms with Gasteiger partial charge in [-0.25, -0.2) is 10.1 Å². The van der Waals surface area contributed by atoms with Gasteiger partial charge >= 0.3 is 0 Å². The molecule has 0 bridgehead atoms. The third kappa shape index (κ3) is 8.05. The van der Waals surface area contributed by atoms with Crippen LogP contribution in [-0.2, 0) is 6.54 Å². The molecular formula is C22H36BrN5O. The summed E-state index contributed by atoms with van der Waals surface area (Å²) in [7, 11) is 0. The Morgan fingerprint density at radius 1 is 1.00 bits per heavy atom. The Morgan fingerprint density at radius 2 is 1.59 bits per heavy atom. The van der Waals surface area contributed by atoms with Crippen LogP contribution in [0.25, 0.3) is 10.8 Å². The van der Waals surface area contributed by atoms with Crippen LogP contribution in [0.1, 0.15) is 89.7 Å². The van der Waals surface area contributed by atoms with E-state index in [4.69, 9.17) is 5.73 Å². The van der Waals surface area contributed by atoms with E-state index >= 15 is 0 Å². The van der Waals surface area contributed by atoms with Crippen molar-refractivity contribution in [3.8, 4) is 0 Å². The minimum atomic E-state index is -0.241. The molecule has 2 heterocycles. The van der Waals surface area contributed by atoms with Gasteiger partial charge in [0.25, 0.3) is 5.56 Å². The van der Waals surface area contributed by atoms with Crippen LogP contribution >= 0.6 is 15.9 Å². The zero-order valence-corrected chi connectivity index (χ0v) is 19.3. The maximum Gasteiger partial charge on any atom is 0.275 e. The van der Waals surface area contributed by atoms with Crippen molar-refractivity contribution in [2.75, 3.05) is 11.9 Å². The topological polar surface area (TPSA) is 96.7 Å². The molecule has 0 saturated heterocycles. The molecule has 0 fully saturated rings. The molecule has 6 nitrogen and oxygen atoms in total. The van der Waals surface area contributed by atoms with E-state index in [-0.39, 0.29) is 12.1 Å². The predicted octanol–water partition coefficient (Wildman–Crippen LogP) is 5.65. The lowest BCUT2D eigenvalue weighted by atomic mass is 10.1. The second-order valence-corrected chi connectivity index (χ2v) is 8.55. The number of halogens is 1. The van der Waals surface area contributed by atoms with Gasteiger partial charge in [-0.1, -0.05) is 77.6 Å². The van der Waals surface area contributed by atoms with Crippen molar-refractivity contribution in [3.05, 3.63) is 26.7 Å². The van der Waals surface area contributed by atoms with Crippen molar-refractivity contribution in [3.63, 3.8) is 0 Å². The average molecular weight is 466 g/mol. The van der Waals surface area contributed by atoms with Crippen LogP contribution in [0, 0.1) is 0 Å². The fourth-order valence-corrected chi connectivity index (χ4v) is 4.07. The number of anilines is 1. The first kappa shape index (κ1) is 23.8. The molecule has 29 heavy (non-hydrogen) atoms. The molecule has 0 aliphatic carbocycles. The van der Waals surface area contributed by atoms with E-state index in [0.29, 0.717) is 21.5 Å². The number of hydrogen-bond acceptors (Lipinski definition) is 5. The fourth-order valence-electron chi connectivity index (χ4n) is 3.66. The van der Waals surface area contributed by atoms with Crippen LogP contribution in [0.5, 0.6) is 0 Å². The Morgan fingerprint density at radius 3 is 2.17 bits per heavy atom. The van der Waals surface area contributed by atoms with E-state index in [1.165, 1.54) is 70.6 Å². The van der Waals surface area contributed by atoms with Gasteiger partial charge in [0, 0.05) is 18.5 Å². The minimum Gasteiger partial charge on any atom is -0.369 e. The number of aromatic nitrogens is 3. The van der Waals surface area contributed by atoms with Crippen LogP contribution in [0.15, 0.2) is 15.5 Å². The lowest BCUT2D eigenvalue weighted by Crippen LogP contribution is -2.16. The van der Waals surface area contributed by atoms with Crippen LogP contribution < -0.4 is 16.6 Å². The van der Waals surface area contributed by atoms with Gasteiger partial charge in [0.05, 0.1) is 11.1 Å². The molecule has 0 amide bonds. The lowest BCUT2D eigenvalue weighted by Gasteiger charge is -2.10. The van der Waals surface area contributed by atoms with Crippen molar-refractivity contribution in [2.45, 2.75) is 90.5 Å². The van der Waals surface area contributed by atoms with Gasteiger partial charge in [-0.05, 0) is 28.4 Å². The molecule has 2 rings (SSSR count). The maximum atomic E-state index is 12.3. The first-order valence-corrected chi connectivity index (χ1v) is 12.0. The Kier molecular flexibility index (Phi) is 11.2. The van der Waals surface area contributed by atoms with Crippen molar-refractivity contribution >= 4 is 32.5 Å². The van der Waals surface area contributed by atoms with E-state index in [9.17, 15) is 4.79 Å². The summed E-state index contributed by atoms with van der Waals surface area (Å²) >= 11 is 3.42. The third-order valence-corrected chi connectivity index (χ3v) is 5.74. The quantitative estimate of drug-likeness (QED) is 0.233. The SMILES string of the molecule is CCCCCCCCCCCCCCNc1nc(Br)cc2c(CN)n[nH]c(=O)c12. The summed E-state index contributed by atoms with van der Waals surface area (Å²) in [4.78, 5) is 16.7. The maximum absolute atomic E-state index is 12.3. The molecule has 0 unspecified atom stereocenters. The molecule has 0 atom stereocenters. The second-order valence-electron chi connectivity index (χ2n) is 7.74. The molecule has 0 saturated carbocycles. The number of rotatable bonds is 15. The number of nitrogens with zero attached hydrogens (tertiary/aromatic N) is 2. The van der Waals surface area contributed by atoms with Crippen molar-refractivity contribution in [2.24, 2.45) is 5.73 Å². The number of unbranched alkanes of at least 4 members (excludes halogenated alkanes) is 11. The van der Waals surface area contributed by atoms with Gasteiger partial charge in [-0.3, -0.25) is 4.79 Å². The normalized spacial score (nSPS) is 11.3. The van der Waals surface area contributed by atoms with Gasteiger partial charge in [0.1, 0.15) is 10.4 Å². The lowest BCUT2D eigenvalue weighted by molar-refractivity contribution is 0.546. The summed E-state index contributed by atoms with van der Waals surface area (Å²) in [6.07, 6.45) is 15.9. The third-order valence-electron chi connectivity index (χ3n) is 5.33. The summed E-state index contributed by atoms with van der Waals surface area (Å²) in [6, 6.07) is 1.80. The molecule has 0 aliphatic rings. The Balaban J connectivity index is 1.67. The molecule has 0 aliphatic heterocycles. The first-order valence-electron chi connectivity index (χ1n) is 11.2. The largest absolute Gasteiger partial charge is 0.369 e. The Hall–Kier alpha value is -1.47. The summed E-state index contributed by atoms with van der Waals surface area (Å²) in [5.41, 5.74) is 6.17. The molecular weight excluding hydrogens is 430 g/mol. The van der Waals surface area contributed by atoms with Gasteiger partial charge in [-0.15, -0.1) is 0 Å². The highest BCUT2D eigenvalue weighted by molar-refractivity contribution is 9.10. The monoisotopic (exact) mass is 465 g/mol. The van der Waals surface area contributed by atoms with Crippen molar-refractivity contribution in [1.82, 2.24) is 15.2 Å². The molecule has 0 aromatic carbocycles. The molecule has 162 valence electrons. The summed E-state index contributed by atoms with van der Waals surface area (Å²) in [5, 5.41) is 11.2. The zero-order chi connectivity index (χ0) is 20.9. The standard InChI is InChI=1S/C22H36BrN5O/c1-2-3-4-5-6-7-8-9-10-11-12-13-14-25-21-20-17(15-19(23)26-21)18(16-24)27-28-22(20)29/h15H,2-14,16,24H2,1H3,(H,25,26)(H,28,29). The van der Waals surface area contributed by atoms with Crippen LogP contribution in [0.3, 0.4) is 0 Å². The molecule has 4 N–H and O–H groups in total. The van der Waals surface area contributed by atoms with Gasteiger partial charge < -0.3 is 11.1 Å². The van der Waals surface area contributed by atoms with Crippen LogP contribution in [0.2, 0.25) is 0 Å². The van der Waals surface area contributed by atoms with E-state index < -0.39 is 0 Å². The number of fused-ring (bicyclic) bond motifs is 1. The highest BCUT2D eigenvalue weighted by atomic mass is 79.9. The fraction of sp³-hybridized carbons (Fsp3) is 0.682. The number of nitrogens with one attached hydrogen (secondary N) is 2. The molecule has 7 heteroatoms. The summed E-state index contributed by atoms with van der Waals surface area (Å²) < 4.78 is 0.671. The molecule has 0 radical (unpaired) electrons. The number of pyridine rings is 1. The summed E-state index contributed by atoms with van der Waals surface area (Å²) in [5.74, 6) is 0.593. The Bertz CT molecular complexity index is 793. The Labute approximate surface area is 182 Å². The number of aromatic amines is 1. The number of hydrogen-bond donors (Lipinski definition) is 3. The van der Waals surface area contributed by atoms with Gasteiger partial charge in [0.15, 0.2) is 0 Å². The van der Waals surface area contributed by atoms with Gasteiger partial charge in [-0.2, -0.15) is 5.10 Å². The van der Waals surface area contributed by atoms with Crippen LogP contribution in [-0.4, -0.2) is 21.7 Å². The highest BCUT2D eigenvalue weighted by Crippen LogP contribution is 2.24. The van der Waals surface area contributed by atoms with Gasteiger partial charge in [0.2, 0.25) is 0 Å². The molecule has 0 spiro atoms. The van der Waals surface area contributed by atoms with E-state index in [1.807, 2.05) is 0 Å².